The van der Waals surface area contributed by atoms with Crippen LogP contribution < -0.4 is 0 Å². The molecule has 2 aliphatic heterocycles. The Morgan fingerprint density at radius 1 is 0.703 bits per heavy atom. The van der Waals surface area contributed by atoms with Crippen LogP contribution in [0.4, 0.5) is 0 Å². The minimum absolute atomic E-state index is 0.255. The number of aromatic carboxylic acids is 1. The van der Waals surface area contributed by atoms with Gasteiger partial charge < -0.3 is 15.1 Å². The van der Waals surface area contributed by atoms with Crippen molar-refractivity contribution in [2.75, 3.05) is 0 Å². The van der Waals surface area contributed by atoms with Crippen molar-refractivity contribution in [1.82, 2.24) is 19.9 Å². The summed E-state index contributed by atoms with van der Waals surface area (Å²) in [5.41, 5.74) is 9.24. The first-order chi connectivity index (χ1) is 17.8. The normalized spacial score (nSPS) is 12.4. The van der Waals surface area contributed by atoms with Crippen molar-refractivity contribution >= 4 is 82.1 Å². The number of nitrogens with one attached hydrogen (secondary N) is 2. The van der Waals surface area contributed by atoms with Crippen LogP contribution in [0.1, 0.15) is 38.7 Å². The molecule has 5 heterocycles. The van der Waals surface area contributed by atoms with E-state index in [2.05, 4.69) is 15.0 Å². The number of carboxylic acids is 1. The van der Waals surface area contributed by atoms with Crippen LogP contribution in [-0.2, 0) is 11.2 Å². The van der Waals surface area contributed by atoms with E-state index in [0.717, 1.165) is 56.0 Å². The Bertz CT molecular complexity index is 1700. The molecule has 0 aliphatic carbocycles. The molecule has 1 aromatic carbocycles. The maximum atomic E-state index is 11.2. The van der Waals surface area contributed by atoms with Crippen molar-refractivity contribution in [3.63, 3.8) is 0 Å². The SMILES string of the molecule is O=C(O)c1ccc(C2=Cc3cc4ccc(cc5nc(cc6ccc(cc2n3)[nH]6)C=C5)[nH]4)cc1.[Cl][Fe]([Cl])[Cl]. The van der Waals surface area contributed by atoms with Gasteiger partial charge in [0.1, 0.15) is 0 Å². The molecule has 0 saturated heterocycles. The standard InChI is InChI=1S/C27H18N4O2.3ClH.Fe/c32-27(33)17-3-1-16(2-4-17)25-14-24-13-22-8-7-20(29-22)11-18-5-6-19(28-18)12-21-9-10-23(30-21)15-26(25)31-24;;;;/h1-15,29-30H,(H,32,33);3*1H;/q;;;;+3/p-3. The van der Waals surface area contributed by atoms with Gasteiger partial charge in [0, 0.05) is 27.6 Å². The molecular formula is C27H18Cl3FeN4O2. The molecule has 0 radical (unpaired) electrons. The number of carbonyl (C=O) groups is 1. The molecule has 6 nitrogen and oxygen atoms in total. The third-order valence-corrected chi connectivity index (χ3v) is 5.61. The van der Waals surface area contributed by atoms with Crippen LogP contribution in [0.15, 0.2) is 72.8 Å². The Morgan fingerprint density at radius 3 is 1.70 bits per heavy atom. The zero-order valence-electron chi connectivity index (χ0n) is 18.9. The van der Waals surface area contributed by atoms with Crippen molar-refractivity contribution in [2.24, 2.45) is 0 Å². The topological polar surface area (TPSA) is 94.7 Å². The number of hydrogen-bond acceptors (Lipinski definition) is 3. The molecule has 0 spiro atoms. The van der Waals surface area contributed by atoms with Gasteiger partial charge >= 0.3 is 47.4 Å². The molecule has 3 aromatic heterocycles. The monoisotopic (exact) mass is 591 g/mol. The molecule has 37 heavy (non-hydrogen) atoms. The van der Waals surface area contributed by atoms with Gasteiger partial charge in [-0.1, -0.05) is 12.1 Å². The Hall–Kier alpha value is -3.32. The second-order valence-corrected chi connectivity index (χ2v) is 13.6. The van der Waals surface area contributed by atoms with Crippen LogP contribution in [0.3, 0.4) is 0 Å². The fourth-order valence-corrected chi connectivity index (χ4v) is 4.04. The van der Waals surface area contributed by atoms with Crippen LogP contribution in [0.25, 0.3) is 45.9 Å². The Morgan fingerprint density at radius 2 is 1.19 bits per heavy atom. The summed E-state index contributed by atoms with van der Waals surface area (Å²) < 4.78 is 0. The number of H-pyrrole nitrogens is 2. The number of rotatable bonds is 2. The van der Waals surface area contributed by atoms with Gasteiger partial charge in [0.2, 0.25) is 0 Å². The fourth-order valence-electron chi connectivity index (χ4n) is 4.04. The van der Waals surface area contributed by atoms with Crippen LogP contribution in [0, 0.1) is 0 Å². The van der Waals surface area contributed by atoms with E-state index in [1.807, 2.05) is 78.9 Å². The van der Waals surface area contributed by atoms with Crippen molar-refractivity contribution in [2.45, 2.75) is 0 Å². The van der Waals surface area contributed by atoms with Gasteiger partial charge in [-0.3, -0.25) is 0 Å². The molecule has 187 valence electrons. The summed E-state index contributed by atoms with van der Waals surface area (Å²) in [6.45, 7) is 0. The van der Waals surface area contributed by atoms with Crippen LogP contribution in [0.2, 0.25) is 0 Å². The summed E-state index contributed by atoms with van der Waals surface area (Å²) >= 11 is -1.33. The molecule has 0 saturated carbocycles. The molecule has 2 aliphatic rings. The molecule has 6 rings (SSSR count). The molecule has 0 amide bonds. The first kappa shape index (κ1) is 25.3. The number of carboxylic acid groups (broad SMARTS) is 1. The van der Waals surface area contributed by atoms with E-state index in [9.17, 15) is 9.90 Å². The summed E-state index contributed by atoms with van der Waals surface area (Å²) in [6.07, 6.45) is 6.01. The number of nitrogens with zero attached hydrogens (tertiary/aromatic N) is 2. The van der Waals surface area contributed by atoms with Gasteiger partial charge in [-0.25, -0.2) is 14.8 Å². The second kappa shape index (κ2) is 11.0. The van der Waals surface area contributed by atoms with Crippen molar-refractivity contribution < 1.29 is 21.1 Å². The average molecular weight is 593 g/mol. The quantitative estimate of drug-likeness (QED) is 0.179. The van der Waals surface area contributed by atoms with Crippen molar-refractivity contribution in [1.29, 1.82) is 0 Å². The number of aromatic nitrogens is 4. The molecular weight excluding hydrogens is 575 g/mol. The summed E-state index contributed by atoms with van der Waals surface area (Å²) in [6, 6.07) is 22.9. The zero-order chi connectivity index (χ0) is 25.9. The number of hydrogen-bond donors (Lipinski definition) is 3. The van der Waals surface area contributed by atoms with Gasteiger partial charge in [0.05, 0.1) is 28.3 Å². The molecule has 8 bridgehead atoms. The average Bonchev–Trinajstić information content (AvgIpc) is 3.64. The maximum absolute atomic E-state index is 11.2. The van der Waals surface area contributed by atoms with E-state index in [1.165, 1.54) is 0 Å². The summed E-state index contributed by atoms with van der Waals surface area (Å²) in [5, 5.41) is 9.23. The van der Waals surface area contributed by atoms with E-state index < -0.39 is 17.1 Å². The molecule has 0 unspecified atom stereocenters. The van der Waals surface area contributed by atoms with Crippen molar-refractivity contribution in [3.8, 4) is 0 Å². The van der Waals surface area contributed by atoms with Gasteiger partial charge in [-0.05, 0) is 84.5 Å². The number of fused-ring (bicyclic) bond motifs is 8. The first-order valence-electron chi connectivity index (χ1n) is 10.9. The summed E-state index contributed by atoms with van der Waals surface area (Å²) in [4.78, 5) is 27.6. The number of benzene rings is 1. The molecule has 3 N–H and O–H groups in total. The molecule has 0 atom stereocenters. The predicted molar refractivity (Wildman–Crippen MR) is 148 cm³/mol. The Balaban J connectivity index is 0.000000655. The van der Waals surface area contributed by atoms with Crippen molar-refractivity contribution in [3.05, 3.63) is 107 Å². The summed E-state index contributed by atoms with van der Waals surface area (Å²) in [7, 11) is 14.7. The van der Waals surface area contributed by atoms with E-state index in [4.69, 9.17) is 35.3 Å². The van der Waals surface area contributed by atoms with Crippen LogP contribution in [0.5, 0.6) is 0 Å². The minimum atomic E-state index is -1.33. The zero-order valence-corrected chi connectivity index (χ0v) is 22.3. The van der Waals surface area contributed by atoms with Gasteiger partial charge in [-0.15, -0.1) is 0 Å². The Kier molecular flexibility index (Phi) is 7.51. The van der Waals surface area contributed by atoms with E-state index >= 15 is 0 Å². The Labute approximate surface area is 228 Å². The van der Waals surface area contributed by atoms with E-state index in [0.29, 0.717) is 0 Å². The van der Waals surface area contributed by atoms with Crippen LogP contribution in [-0.4, -0.2) is 31.0 Å². The number of aromatic amines is 2. The fraction of sp³-hybridized carbons (Fsp3) is 0. The third kappa shape index (κ3) is 6.34. The van der Waals surface area contributed by atoms with Gasteiger partial charge in [0.25, 0.3) is 0 Å². The molecule has 0 fully saturated rings. The molecule has 4 aromatic rings. The summed E-state index contributed by atoms with van der Waals surface area (Å²) in [5.74, 6) is -0.943. The second-order valence-electron chi connectivity index (χ2n) is 8.12. The van der Waals surface area contributed by atoms with Gasteiger partial charge in [-0.2, -0.15) is 0 Å². The predicted octanol–water partition coefficient (Wildman–Crippen LogP) is 7.84. The van der Waals surface area contributed by atoms with E-state index in [1.54, 1.807) is 12.1 Å². The van der Waals surface area contributed by atoms with Gasteiger partial charge in [0.15, 0.2) is 0 Å². The molecule has 10 heteroatoms. The van der Waals surface area contributed by atoms with E-state index in [-0.39, 0.29) is 5.56 Å². The number of halogens is 3. The third-order valence-electron chi connectivity index (χ3n) is 5.61. The van der Waals surface area contributed by atoms with Crippen LogP contribution >= 0.6 is 30.3 Å². The first-order valence-corrected chi connectivity index (χ1v) is 15.5.